The van der Waals surface area contributed by atoms with E-state index in [4.69, 9.17) is 4.74 Å². The Morgan fingerprint density at radius 2 is 2.25 bits per heavy atom. The van der Waals surface area contributed by atoms with Crippen molar-refractivity contribution in [2.45, 2.75) is 52.1 Å². The van der Waals surface area contributed by atoms with Crippen LogP contribution in [0.1, 0.15) is 46.0 Å². The van der Waals surface area contributed by atoms with Gasteiger partial charge in [-0.25, -0.2) is 0 Å². The summed E-state index contributed by atoms with van der Waals surface area (Å²) in [5.74, 6) is 0.683. The minimum absolute atomic E-state index is 0.0471. The topological polar surface area (TPSA) is 26.3 Å². The zero-order chi connectivity index (χ0) is 8.97. The summed E-state index contributed by atoms with van der Waals surface area (Å²) in [6, 6.07) is 0. The SMILES string of the molecule is CCC(=O)O[C@H]1CCC[C@@H](C)C1. The average Bonchev–Trinajstić information content (AvgIpc) is 2.04. The van der Waals surface area contributed by atoms with Crippen LogP contribution in [0.5, 0.6) is 0 Å². The molecule has 0 radical (unpaired) electrons. The van der Waals surface area contributed by atoms with Crippen LogP contribution in [-0.2, 0) is 9.53 Å². The molecule has 0 amide bonds. The van der Waals surface area contributed by atoms with Gasteiger partial charge in [0.25, 0.3) is 0 Å². The minimum atomic E-state index is -0.0471. The van der Waals surface area contributed by atoms with Gasteiger partial charge in [0.05, 0.1) is 0 Å². The zero-order valence-electron chi connectivity index (χ0n) is 8.01. The van der Waals surface area contributed by atoms with E-state index in [9.17, 15) is 4.79 Å². The highest BCUT2D eigenvalue weighted by atomic mass is 16.5. The molecular weight excluding hydrogens is 152 g/mol. The Morgan fingerprint density at radius 3 is 2.83 bits per heavy atom. The lowest BCUT2D eigenvalue weighted by atomic mass is 9.89. The standard InChI is InChI=1S/C10H18O2/c1-3-10(11)12-9-6-4-5-8(2)7-9/h8-9H,3-7H2,1-2H3/t8-,9+/m1/s1. The molecule has 0 aromatic carbocycles. The van der Waals surface area contributed by atoms with E-state index in [2.05, 4.69) is 6.92 Å². The summed E-state index contributed by atoms with van der Waals surface area (Å²) in [4.78, 5) is 11.0. The molecule has 0 aromatic rings. The molecule has 0 aliphatic heterocycles. The molecule has 0 heterocycles. The number of rotatable bonds is 2. The van der Waals surface area contributed by atoms with Gasteiger partial charge in [0, 0.05) is 6.42 Å². The van der Waals surface area contributed by atoms with Crippen molar-refractivity contribution < 1.29 is 9.53 Å². The Morgan fingerprint density at radius 1 is 1.50 bits per heavy atom. The lowest BCUT2D eigenvalue weighted by Crippen LogP contribution is -2.24. The Balaban J connectivity index is 2.27. The van der Waals surface area contributed by atoms with Crippen LogP contribution < -0.4 is 0 Å². The molecule has 0 unspecified atom stereocenters. The molecule has 1 rings (SSSR count). The highest BCUT2D eigenvalue weighted by Gasteiger charge is 2.21. The van der Waals surface area contributed by atoms with E-state index in [1.807, 2.05) is 6.92 Å². The monoisotopic (exact) mass is 170 g/mol. The molecule has 0 saturated heterocycles. The van der Waals surface area contributed by atoms with Gasteiger partial charge in [-0.1, -0.05) is 20.3 Å². The maximum atomic E-state index is 11.0. The molecule has 2 nitrogen and oxygen atoms in total. The number of hydrogen-bond donors (Lipinski definition) is 0. The van der Waals surface area contributed by atoms with Gasteiger partial charge in [-0.15, -0.1) is 0 Å². The summed E-state index contributed by atoms with van der Waals surface area (Å²) in [5.41, 5.74) is 0. The first-order valence-electron chi connectivity index (χ1n) is 4.91. The van der Waals surface area contributed by atoms with Gasteiger partial charge in [-0.2, -0.15) is 0 Å². The molecule has 1 fully saturated rings. The molecule has 0 bridgehead atoms. The average molecular weight is 170 g/mol. The van der Waals surface area contributed by atoms with E-state index in [1.165, 1.54) is 12.8 Å². The number of carbonyl (C=O) groups excluding carboxylic acids is 1. The third kappa shape index (κ3) is 2.84. The van der Waals surface area contributed by atoms with Crippen molar-refractivity contribution in [2.75, 3.05) is 0 Å². The molecule has 2 atom stereocenters. The van der Waals surface area contributed by atoms with E-state index in [0.29, 0.717) is 6.42 Å². The first-order chi connectivity index (χ1) is 5.72. The molecule has 12 heavy (non-hydrogen) atoms. The van der Waals surface area contributed by atoms with Crippen LogP contribution in [0, 0.1) is 5.92 Å². The summed E-state index contributed by atoms with van der Waals surface area (Å²) in [7, 11) is 0. The number of hydrogen-bond acceptors (Lipinski definition) is 2. The van der Waals surface area contributed by atoms with Gasteiger partial charge in [-0.3, -0.25) is 4.79 Å². The Hall–Kier alpha value is -0.530. The van der Waals surface area contributed by atoms with Crippen molar-refractivity contribution in [1.82, 2.24) is 0 Å². The highest BCUT2D eigenvalue weighted by Crippen LogP contribution is 2.25. The molecule has 0 spiro atoms. The van der Waals surface area contributed by atoms with Crippen molar-refractivity contribution in [2.24, 2.45) is 5.92 Å². The lowest BCUT2D eigenvalue weighted by molar-refractivity contribution is -0.150. The van der Waals surface area contributed by atoms with Crippen LogP contribution in [0.15, 0.2) is 0 Å². The Bertz CT molecular complexity index is 154. The second-order valence-corrected chi connectivity index (χ2v) is 3.74. The number of carbonyl (C=O) groups is 1. The van der Waals surface area contributed by atoms with Crippen LogP contribution in [-0.4, -0.2) is 12.1 Å². The van der Waals surface area contributed by atoms with Crippen LogP contribution in [0.4, 0.5) is 0 Å². The fraction of sp³-hybridized carbons (Fsp3) is 0.900. The fourth-order valence-electron chi connectivity index (χ4n) is 1.75. The van der Waals surface area contributed by atoms with Crippen LogP contribution in [0.3, 0.4) is 0 Å². The van der Waals surface area contributed by atoms with E-state index in [0.717, 1.165) is 18.8 Å². The third-order valence-electron chi connectivity index (χ3n) is 2.48. The second-order valence-electron chi connectivity index (χ2n) is 3.74. The van der Waals surface area contributed by atoms with E-state index in [-0.39, 0.29) is 12.1 Å². The van der Waals surface area contributed by atoms with Crippen molar-refractivity contribution in [3.63, 3.8) is 0 Å². The zero-order valence-corrected chi connectivity index (χ0v) is 8.01. The fourth-order valence-corrected chi connectivity index (χ4v) is 1.75. The normalized spacial score (nSPS) is 29.8. The Kier molecular flexibility index (Phi) is 3.57. The van der Waals surface area contributed by atoms with E-state index >= 15 is 0 Å². The van der Waals surface area contributed by atoms with Crippen molar-refractivity contribution in [1.29, 1.82) is 0 Å². The summed E-state index contributed by atoms with van der Waals surface area (Å²) < 4.78 is 5.27. The molecule has 1 aliphatic rings. The predicted octanol–water partition coefficient (Wildman–Crippen LogP) is 2.52. The van der Waals surface area contributed by atoms with Crippen LogP contribution in [0.25, 0.3) is 0 Å². The molecule has 1 saturated carbocycles. The predicted molar refractivity (Wildman–Crippen MR) is 47.8 cm³/mol. The lowest BCUT2D eigenvalue weighted by Gasteiger charge is -2.26. The summed E-state index contributed by atoms with van der Waals surface area (Å²) in [6.07, 6.45) is 5.34. The second kappa shape index (κ2) is 4.48. The maximum absolute atomic E-state index is 11.0. The van der Waals surface area contributed by atoms with Crippen molar-refractivity contribution in [3.8, 4) is 0 Å². The van der Waals surface area contributed by atoms with Gasteiger partial charge >= 0.3 is 5.97 Å². The Labute approximate surface area is 74.3 Å². The molecule has 70 valence electrons. The molecule has 2 heteroatoms. The van der Waals surface area contributed by atoms with E-state index < -0.39 is 0 Å². The van der Waals surface area contributed by atoms with Crippen LogP contribution >= 0.6 is 0 Å². The van der Waals surface area contributed by atoms with Gasteiger partial charge in [0.15, 0.2) is 0 Å². The first-order valence-corrected chi connectivity index (χ1v) is 4.91. The third-order valence-corrected chi connectivity index (χ3v) is 2.48. The number of ether oxygens (including phenoxy) is 1. The smallest absolute Gasteiger partial charge is 0.305 e. The number of esters is 1. The summed E-state index contributed by atoms with van der Waals surface area (Å²) in [6.45, 7) is 4.07. The maximum Gasteiger partial charge on any atom is 0.305 e. The summed E-state index contributed by atoms with van der Waals surface area (Å²) in [5, 5.41) is 0. The molecule has 0 N–H and O–H groups in total. The van der Waals surface area contributed by atoms with Crippen molar-refractivity contribution >= 4 is 5.97 Å². The minimum Gasteiger partial charge on any atom is -0.462 e. The van der Waals surface area contributed by atoms with E-state index in [1.54, 1.807) is 0 Å². The molecule has 0 aromatic heterocycles. The largest absolute Gasteiger partial charge is 0.462 e. The first kappa shape index (κ1) is 9.56. The highest BCUT2D eigenvalue weighted by molar-refractivity contribution is 5.69. The van der Waals surface area contributed by atoms with Gasteiger partial charge in [0.1, 0.15) is 6.10 Å². The van der Waals surface area contributed by atoms with Gasteiger partial charge in [-0.05, 0) is 25.2 Å². The van der Waals surface area contributed by atoms with Crippen molar-refractivity contribution in [3.05, 3.63) is 0 Å². The van der Waals surface area contributed by atoms with Gasteiger partial charge < -0.3 is 4.74 Å². The molecule has 1 aliphatic carbocycles. The summed E-state index contributed by atoms with van der Waals surface area (Å²) >= 11 is 0. The van der Waals surface area contributed by atoms with Gasteiger partial charge in [0.2, 0.25) is 0 Å². The van der Waals surface area contributed by atoms with Crippen LogP contribution in [0.2, 0.25) is 0 Å². The molecular formula is C10H18O2. The quantitative estimate of drug-likeness (QED) is 0.595.